The molecule has 7 N–H and O–H groups in total. The summed E-state index contributed by atoms with van der Waals surface area (Å²) in [5, 5.41) is 0. The molecule has 178 valence electrons. The number of primary amides is 1. The second-order valence-corrected chi connectivity index (χ2v) is 7.98. The van der Waals surface area contributed by atoms with Crippen LogP contribution in [-0.2, 0) is 16.0 Å². The number of benzene rings is 2. The Kier molecular flexibility index (Phi) is 8.79. The van der Waals surface area contributed by atoms with Crippen LogP contribution in [0.25, 0.3) is 0 Å². The minimum absolute atomic E-state index is 0.0176. The quantitative estimate of drug-likeness (QED) is 0.183. The maximum Gasteiger partial charge on any atom is 0.240 e. The number of amides is 2. The molecule has 1 aromatic heterocycles. The van der Waals surface area contributed by atoms with Crippen molar-refractivity contribution < 1.29 is 9.59 Å². The van der Waals surface area contributed by atoms with E-state index in [1.54, 1.807) is 17.4 Å². The van der Waals surface area contributed by atoms with E-state index in [1.807, 2.05) is 60.7 Å². The molecule has 9 nitrogen and oxygen atoms in total. The highest BCUT2D eigenvalue weighted by atomic mass is 16.2. The zero-order chi connectivity index (χ0) is 24.3. The fourth-order valence-corrected chi connectivity index (χ4v) is 3.96. The first-order chi connectivity index (χ1) is 16.5. The molecule has 0 saturated heterocycles. The van der Waals surface area contributed by atoms with E-state index in [9.17, 15) is 9.59 Å². The van der Waals surface area contributed by atoms with Crippen LogP contribution >= 0.6 is 0 Å². The minimum Gasteiger partial charge on any atom is -0.370 e. The summed E-state index contributed by atoms with van der Waals surface area (Å²) in [5.41, 5.74) is 19.2. The van der Waals surface area contributed by atoms with Gasteiger partial charge in [-0.1, -0.05) is 60.7 Å². The van der Waals surface area contributed by atoms with Gasteiger partial charge in [0, 0.05) is 31.4 Å². The van der Waals surface area contributed by atoms with Crippen LogP contribution in [0.2, 0.25) is 0 Å². The van der Waals surface area contributed by atoms with E-state index in [1.165, 1.54) is 0 Å². The number of nitrogens with one attached hydrogen (secondary N) is 1. The van der Waals surface area contributed by atoms with Crippen LogP contribution in [0.5, 0.6) is 0 Å². The summed E-state index contributed by atoms with van der Waals surface area (Å²) in [6.07, 6.45) is 4.63. The Balaban J connectivity index is 1.95. The molecular formula is C25H31N7O2. The fraction of sp³-hybridized carbons (Fsp3) is 0.280. The van der Waals surface area contributed by atoms with Crippen molar-refractivity contribution in [2.45, 2.75) is 31.2 Å². The Morgan fingerprint density at radius 3 is 2.09 bits per heavy atom. The molecule has 1 heterocycles. The van der Waals surface area contributed by atoms with Gasteiger partial charge >= 0.3 is 0 Å². The van der Waals surface area contributed by atoms with Gasteiger partial charge in [0.15, 0.2) is 5.96 Å². The van der Waals surface area contributed by atoms with E-state index in [0.717, 1.165) is 16.8 Å². The van der Waals surface area contributed by atoms with Crippen LogP contribution < -0.4 is 17.2 Å². The van der Waals surface area contributed by atoms with Gasteiger partial charge in [0.1, 0.15) is 6.04 Å². The Morgan fingerprint density at radius 1 is 0.971 bits per heavy atom. The van der Waals surface area contributed by atoms with Gasteiger partial charge in [-0.05, 0) is 24.0 Å². The number of carbonyl (C=O) groups is 2. The van der Waals surface area contributed by atoms with Crippen molar-refractivity contribution >= 4 is 17.8 Å². The van der Waals surface area contributed by atoms with Gasteiger partial charge in [-0.15, -0.1) is 0 Å². The second kappa shape index (κ2) is 12.2. The third-order valence-electron chi connectivity index (χ3n) is 5.61. The summed E-state index contributed by atoms with van der Waals surface area (Å²) >= 11 is 0. The Hall–Kier alpha value is -4.14. The number of nitrogens with zero attached hydrogens (tertiary/aromatic N) is 3. The van der Waals surface area contributed by atoms with Gasteiger partial charge in [-0.3, -0.25) is 14.6 Å². The summed E-state index contributed by atoms with van der Waals surface area (Å²) in [7, 11) is 0. The second-order valence-electron chi connectivity index (χ2n) is 7.98. The van der Waals surface area contributed by atoms with Gasteiger partial charge in [-0.2, -0.15) is 0 Å². The van der Waals surface area contributed by atoms with Crippen LogP contribution in [-0.4, -0.2) is 51.8 Å². The van der Waals surface area contributed by atoms with Crippen LogP contribution in [0.1, 0.15) is 35.6 Å². The largest absolute Gasteiger partial charge is 0.370 e. The molecule has 0 aliphatic carbocycles. The Labute approximate surface area is 199 Å². The monoisotopic (exact) mass is 461 g/mol. The third kappa shape index (κ3) is 6.68. The van der Waals surface area contributed by atoms with Crippen molar-refractivity contribution in [2.24, 2.45) is 22.2 Å². The molecule has 0 bridgehead atoms. The maximum absolute atomic E-state index is 14.1. The number of aromatic nitrogens is 2. The molecule has 3 aromatic rings. The number of hydrogen-bond acceptors (Lipinski definition) is 4. The molecule has 0 aliphatic rings. The zero-order valence-electron chi connectivity index (χ0n) is 19.0. The number of guanidine groups is 1. The lowest BCUT2D eigenvalue weighted by atomic mass is 9.89. The molecule has 0 aliphatic heterocycles. The predicted octanol–water partition coefficient (Wildman–Crippen LogP) is 1.52. The summed E-state index contributed by atoms with van der Waals surface area (Å²) < 4.78 is 0. The van der Waals surface area contributed by atoms with Crippen molar-refractivity contribution in [1.82, 2.24) is 14.9 Å². The molecule has 3 rings (SSSR count). The highest BCUT2D eigenvalue weighted by Gasteiger charge is 2.34. The Bertz CT molecular complexity index is 1030. The van der Waals surface area contributed by atoms with Crippen molar-refractivity contribution in [3.8, 4) is 0 Å². The number of rotatable bonds is 12. The maximum atomic E-state index is 14.1. The molecule has 2 aromatic carbocycles. The first-order valence-corrected chi connectivity index (χ1v) is 11.2. The van der Waals surface area contributed by atoms with Gasteiger partial charge in [0.2, 0.25) is 11.8 Å². The minimum atomic E-state index is -0.806. The van der Waals surface area contributed by atoms with Crippen molar-refractivity contribution in [3.05, 3.63) is 90.0 Å². The summed E-state index contributed by atoms with van der Waals surface area (Å²) in [6.45, 7) is 0.641. The molecule has 34 heavy (non-hydrogen) atoms. The molecule has 0 saturated carbocycles. The number of hydrogen-bond donors (Lipinski definition) is 4. The van der Waals surface area contributed by atoms with E-state index in [2.05, 4.69) is 15.0 Å². The van der Waals surface area contributed by atoms with E-state index >= 15 is 0 Å². The molecule has 0 fully saturated rings. The molecule has 0 unspecified atom stereocenters. The number of aliphatic imine (C=N–C) groups is 1. The zero-order valence-corrected chi connectivity index (χ0v) is 19.0. The molecule has 2 amide bonds. The van der Waals surface area contributed by atoms with Crippen molar-refractivity contribution in [1.29, 1.82) is 0 Å². The highest BCUT2D eigenvalue weighted by molar-refractivity contribution is 5.92. The molecular weight excluding hydrogens is 430 g/mol. The lowest BCUT2D eigenvalue weighted by Crippen LogP contribution is -2.50. The van der Waals surface area contributed by atoms with Gasteiger partial charge in [0.05, 0.1) is 12.2 Å². The fourth-order valence-electron chi connectivity index (χ4n) is 3.96. The smallest absolute Gasteiger partial charge is 0.240 e. The van der Waals surface area contributed by atoms with Gasteiger partial charge in [0.25, 0.3) is 0 Å². The van der Waals surface area contributed by atoms with E-state index in [-0.39, 0.29) is 11.9 Å². The van der Waals surface area contributed by atoms with Crippen LogP contribution in [0.4, 0.5) is 0 Å². The van der Waals surface area contributed by atoms with Crippen LogP contribution in [0.3, 0.4) is 0 Å². The van der Waals surface area contributed by atoms with Gasteiger partial charge < -0.3 is 27.1 Å². The van der Waals surface area contributed by atoms with E-state index in [0.29, 0.717) is 32.4 Å². The summed E-state index contributed by atoms with van der Waals surface area (Å²) in [6, 6.07) is 18.3. The number of nitrogens with two attached hydrogens (primary N) is 3. The first kappa shape index (κ1) is 24.5. The van der Waals surface area contributed by atoms with Crippen LogP contribution in [0.15, 0.2) is 78.2 Å². The number of imidazole rings is 1. The molecule has 0 spiro atoms. The van der Waals surface area contributed by atoms with E-state index < -0.39 is 17.9 Å². The predicted molar refractivity (Wildman–Crippen MR) is 132 cm³/mol. The SMILES string of the molecule is NC(=O)[C@H](CCCN=C(N)N)N(CCc1cnc[nH]1)C(=O)C(c1ccccc1)c1ccccc1. The topological polar surface area (TPSA) is 156 Å². The normalized spacial score (nSPS) is 11.7. The molecule has 0 radical (unpaired) electrons. The third-order valence-corrected chi connectivity index (χ3v) is 5.61. The summed E-state index contributed by atoms with van der Waals surface area (Å²) in [4.78, 5) is 39.3. The number of H-pyrrole nitrogens is 1. The average Bonchev–Trinajstić information content (AvgIpc) is 3.35. The van der Waals surface area contributed by atoms with E-state index in [4.69, 9.17) is 17.2 Å². The standard InChI is InChI=1S/C25H31N7O2/c26-23(33)21(12-7-14-30-25(27)28)32(15-13-20-16-29-17-31-20)24(34)22(18-8-3-1-4-9-18)19-10-5-2-6-11-19/h1-6,8-11,16-17,21-22H,7,12-15H2,(H2,26,33)(H,29,31)(H4,27,28,30)/t21-/m0/s1. The number of carbonyl (C=O) groups excluding carboxylic acids is 2. The average molecular weight is 462 g/mol. The van der Waals surface area contributed by atoms with Crippen molar-refractivity contribution in [3.63, 3.8) is 0 Å². The molecule has 1 atom stereocenters. The summed E-state index contributed by atoms with van der Waals surface area (Å²) in [5.74, 6) is -1.36. The van der Waals surface area contributed by atoms with Gasteiger partial charge in [-0.25, -0.2) is 4.98 Å². The lowest BCUT2D eigenvalue weighted by molar-refractivity contribution is -0.140. The lowest BCUT2D eigenvalue weighted by Gasteiger charge is -2.33. The molecule has 9 heteroatoms. The van der Waals surface area contributed by atoms with Crippen molar-refractivity contribution in [2.75, 3.05) is 13.1 Å². The van der Waals surface area contributed by atoms with Crippen LogP contribution in [0, 0.1) is 0 Å². The number of aromatic amines is 1. The Morgan fingerprint density at radius 2 is 1.59 bits per heavy atom. The first-order valence-electron chi connectivity index (χ1n) is 11.2. The highest BCUT2D eigenvalue weighted by Crippen LogP contribution is 2.28.